The van der Waals surface area contributed by atoms with Crippen molar-refractivity contribution in [3.63, 3.8) is 0 Å². The Morgan fingerprint density at radius 3 is 1.16 bits per heavy atom. The van der Waals surface area contributed by atoms with Crippen LogP contribution in [0.3, 0.4) is 0 Å². The number of esters is 2. The Balaban J connectivity index is 4.26. The van der Waals surface area contributed by atoms with Gasteiger partial charge in [-0.3, -0.25) is 9.59 Å². The number of hydrogen-bond donors (Lipinski definition) is 0. The molecule has 0 aliphatic rings. The van der Waals surface area contributed by atoms with Gasteiger partial charge in [-0.25, -0.2) is 0 Å². The van der Waals surface area contributed by atoms with E-state index in [9.17, 15) is 9.59 Å². The van der Waals surface area contributed by atoms with Crippen LogP contribution < -0.4 is 0 Å². The lowest BCUT2D eigenvalue weighted by atomic mass is 10.0. The molecule has 5 nitrogen and oxygen atoms in total. The van der Waals surface area contributed by atoms with Crippen molar-refractivity contribution in [1.29, 1.82) is 0 Å². The first-order valence-corrected chi connectivity index (χ1v) is 27.2. The van der Waals surface area contributed by atoms with E-state index in [0.29, 0.717) is 19.4 Å². The summed E-state index contributed by atoms with van der Waals surface area (Å²) in [5, 5.41) is 0. The minimum absolute atomic E-state index is 0.0785. The van der Waals surface area contributed by atoms with Crippen molar-refractivity contribution in [2.45, 2.75) is 284 Å². The van der Waals surface area contributed by atoms with Crippen LogP contribution in [0.1, 0.15) is 278 Å². The van der Waals surface area contributed by atoms with Gasteiger partial charge in [-0.05, 0) is 77.0 Å². The third kappa shape index (κ3) is 50.5. The molecule has 0 aromatic rings. The molecule has 62 heavy (non-hydrogen) atoms. The average Bonchev–Trinajstić information content (AvgIpc) is 3.27. The predicted octanol–water partition coefficient (Wildman–Crippen LogP) is 18.3. The molecule has 362 valence electrons. The summed E-state index contributed by atoms with van der Waals surface area (Å²) >= 11 is 0. The monoisotopic (exact) mass is 869 g/mol. The normalized spacial score (nSPS) is 12.5. The lowest BCUT2D eigenvalue weighted by Gasteiger charge is -2.18. The number of ether oxygens (including phenoxy) is 3. The third-order valence-electron chi connectivity index (χ3n) is 11.8. The largest absolute Gasteiger partial charge is 0.462 e. The highest BCUT2D eigenvalue weighted by Gasteiger charge is 2.17. The minimum atomic E-state index is -0.546. The second-order valence-corrected chi connectivity index (χ2v) is 18.1. The second kappa shape index (κ2) is 53.2. The van der Waals surface area contributed by atoms with Crippen molar-refractivity contribution < 1.29 is 23.8 Å². The molecular weight excluding hydrogens is 765 g/mol. The first-order chi connectivity index (χ1) is 30.6. The van der Waals surface area contributed by atoms with Crippen LogP contribution >= 0.6 is 0 Å². The maximum atomic E-state index is 12.8. The van der Waals surface area contributed by atoms with E-state index in [2.05, 4.69) is 69.4 Å². The van der Waals surface area contributed by atoms with Crippen molar-refractivity contribution in [2.24, 2.45) is 0 Å². The van der Waals surface area contributed by atoms with Gasteiger partial charge in [0, 0.05) is 19.4 Å². The molecule has 0 aliphatic heterocycles. The molecule has 0 saturated carbocycles. The van der Waals surface area contributed by atoms with Crippen LogP contribution in [0.15, 0.2) is 48.6 Å². The highest BCUT2D eigenvalue weighted by atomic mass is 16.6. The SMILES string of the molecule is CCC/C=C\C/C=C\CCCCCCCCOCC(COC(=O)CCCCCCCCCCCCCCCCCCC)OC(=O)CCCCCCC/C=C\C/C=C\CCCCC. The fourth-order valence-electron chi connectivity index (χ4n) is 7.76. The molecule has 0 amide bonds. The molecule has 0 aromatic carbocycles. The minimum Gasteiger partial charge on any atom is -0.462 e. The van der Waals surface area contributed by atoms with Gasteiger partial charge in [-0.2, -0.15) is 0 Å². The summed E-state index contributed by atoms with van der Waals surface area (Å²) in [5.41, 5.74) is 0. The molecule has 0 aromatic heterocycles. The van der Waals surface area contributed by atoms with Crippen LogP contribution in [0.25, 0.3) is 0 Å². The van der Waals surface area contributed by atoms with Crippen molar-refractivity contribution in [3.8, 4) is 0 Å². The Kier molecular flexibility index (Phi) is 51.4. The van der Waals surface area contributed by atoms with Gasteiger partial charge < -0.3 is 14.2 Å². The Morgan fingerprint density at radius 1 is 0.355 bits per heavy atom. The molecule has 0 aliphatic carbocycles. The van der Waals surface area contributed by atoms with E-state index in [1.807, 2.05) is 0 Å². The van der Waals surface area contributed by atoms with Crippen molar-refractivity contribution in [2.75, 3.05) is 19.8 Å². The maximum Gasteiger partial charge on any atom is 0.306 e. The van der Waals surface area contributed by atoms with Gasteiger partial charge in [-0.1, -0.05) is 236 Å². The summed E-state index contributed by atoms with van der Waals surface area (Å²) in [7, 11) is 0. The van der Waals surface area contributed by atoms with E-state index >= 15 is 0 Å². The smallest absolute Gasteiger partial charge is 0.306 e. The van der Waals surface area contributed by atoms with Gasteiger partial charge in [0.05, 0.1) is 6.61 Å². The van der Waals surface area contributed by atoms with E-state index in [4.69, 9.17) is 14.2 Å². The van der Waals surface area contributed by atoms with Gasteiger partial charge in [0.25, 0.3) is 0 Å². The zero-order chi connectivity index (χ0) is 44.9. The van der Waals surface area contributed by atoms with Crippen LogP contribution in [0, 0.1) is 0 Å². The maximum absolute atomic E-state index is 12.8. The Hall–Kier alpha value is -2.14. The van der Waals surface area contributed by atoms with E-state index in [1.54, 1.807) is 0 Å². The van der Waals surface area contributed by atoms with Gasteiger partial charge in [0.2, 0.25) is 0 Å². The quantitative estimate of drug-likeness (QED) is 0.0346. The first-order valence-electron chi connectivity index (χ1n) is 27.2. The molecule has 0 heterocycles. The molecule has 1 atom stereocenters. The summed E-state index contributed by atoms with van der Waals surface area (Å²) in [6.07, 6.45) is 65.5. The molecule has 0 bridgehead atoms. The van der Waals surface area contributed by atoms with Gasteiger partial charge >= 0.3 is 11.9 Å². The van der Waals surface area contributed by atoms with Gasteiger partial charge in [0.1, 0.15) is 6.61 Å². The molecule has 0 spiro atoms. The van der Waals surface area contributed by atoms with Crippen molar-refractivity contribution >= 4 is 11.9 Å². The van der Waals surface area contributed by atoms with E-state index in [0.717, 1.165) is 64.2 Å². The Bertz CT molecular complexity index is 1030. The third-order valence-corrected chi connectivity index (χ3v) is 11.8. The fraction of sp³-hybridized carbons (Fsp3) is 0.825. The molecule has 5 heteroatoms. The summed E-state index contributed by atoms with van der Waals surface area (Å²) in [5.74, 6) is -0.406. The van der Waals surface area contributed by atoms with E-state index < -0.39 is 6.10 Å². The Morgan fingerprint density at radius 2 is 0.710 bits per heavy atom. The highest BCUT2D eigenvalue weighted by molar-refractivity contribution is 5.70. The zero-order valence-electron chi connectivity index (χ0n) is 41.6. The molecule has 0 saturated heterocycles. The van der Waals surface area contributed by atoms with Crippen LogP contribution in [-0.4, -0.2) is 37.9 Å². The van der Waals surface area contributed by atoms with Crippen LogP contribution in [0.4, 0.5) is 0 Å². The zero-order valence-corrected chi connectivity index (χ0v) is 41.6. The first kappa shape index (κ1) is 59.9. The standard InChI is InChI=1S/C57H104O5/c1-4-7-10-13-16-19-22-25-28-29-31-32-35-38-41-44-47-50-56(58)61-54-55(53-60-52-49-46-43-40-37-34-27-24-21-18-15-12-9-6-3)62-57(59)51-48-45-42-39-36-33-30-26-23-20-17-14-11-8-5-2/h12,15,17,20-21,24,26,30,55H,4-11,13-14,16,18-19,22-23,25,27-29,31-54H2,1-3H3/b15-12-,20-17-,24-21-,30-26-. The topological polar surface area (TPSA) is 61.8 Å². The van der Waals surface area contributed by atoms with Crippen LogP contribution in [-0.2, 0) is 23.8 Å². The summed E-state index contributed by atoms with van der Waals surface area (Å²) < 4.78 is 17.4. The Labute approximate surface area is 386 Å². The summed E-state index contributed by atoms with van der Waals surface area (Å²) in [4.78, 5) is 25.4. The van der Waals surface area contributed by atoms with Crippen LogP contribution in [0.2, 0.25) is 0 Å². The highest BCUT2D eigenvalue weighted by Crippen LogP contribution is 2.16. The molecule has 0 rings (SSSR count). The summed E-state index contributed by atoms with van der Waals surface area (Å²) in [6.45, 7) is 7.74. The molecule has 0 fully saturated rings. The van der Waals surface area contributed by atoms with Gasteiger partial charge in [-0.15, -0.1) is 0 Å². The van der Waals surface area contributed by atoms with Crippen molar-refractivity contribution in [3.05, 3.63) is 48.6 Å². The van der Waals surface area contributed by atoms with Crippen molar-refractivity contribution in [1.82, 2.24) is 0 Å². The number of carbonyl (C=O) groups excluding carboxylic acids is 2. The number of unbranched alkanes of at least 4 members (excludes halogenated alkanes) is 31. The predicted molar refractivity (Wildman–Crippen MR) is 270 cm³/mol. The van der Waals surface area contributed by atoms with E-state index in [1.165, 1.54) is 180 Å². The summed E-state index contributed by atoms with van der Waals surface area (Å²) in [6, 6.07) is 0. The number of allylic oxidation sites excluding steroid dienone is 8. The lowest BCUT2D eigenvalue weighted by Crippen LogP contribution is -2.30. The number of carbonyl (C=O) groups is 2. The molecule has 1 unspecified atom stereocenters. The van der Waals surface area contributed by atoms with Gasteiger partial charge in [0.15, 0.2) is 6.10 Å². The lowest BCUT2D eigenvalue weighted by molar-refractivity contribution is -0.163. The average molecular weight is 869 g/mol. The molecular formula is C57H104O5. The fourth-order valence-corrected chi connectivity index (χ4v) is 7.76. The van der Waals surface area contributed by atoms with Crippen LogP contribution in [0.5, 0.6) is 0 Å². The van der Waals surface area contributed by atoms with E-state index in [-0.39, 0.29) is 25.2 Å². The number of rotatable bonds is 50. The molecule has 0 radical (unpaired) electrons. The number of hydrogen-bond acceptors (Lipinski definition) is 5. The molecule has 0 N–H and O–H groups in total. The second-order valence-electron chi connectivity index (χ2n) is 18.1.